The zero-order chi connectivity index (χ0) is 24.9. The summed E-state index contributed by atoms with van der Waals surface area (Å²) in [4.78, 5) is 12.7. The number of carbonyl (C=O) groups is 1. The van der Waals surface area contributed by atoms with Crippen molar-refractivity contribution in [3.05, 3.63) is 52.6 Å². The minimum absolute atomic E-state index is 0.00850. The first kappa shape index (κ1) is 27.3. The van der Waals surface area contributed by atoms with E-state index in [0.29, 0.717) is 12.5 Å². The molecule has 0 spiro atoms. The Morgan fingerprint density at radius 3 is 1.97 bits per heavy atom. The molecule has 3 N–H and O–H groups in total. The summed E-state index contributed by atoms with van der Waals surface area (Å²) in [6, 6.07) is 3.97. The quantitative estimate of drug-likeness (QED) is 0.412. The molecule has 184 valence electrons. The molecule has 0 saturated heterocycles. The second-order valence-corrected chi connectivity index (χ2v) is 12.1. The van der Waals surface area contributed by atoms with Crippen molar-refractivity contribution in [1.82, 2.24) is 5.32 Å². The Balaban J connectivity index is 2.41. The lowest BCUT2D eigenvalue weighted by Gasteiger charge is -2.26. The van der Waals surface area contributed by atoms with Gasteiger partial charge >= 0.3 is 0 Å². The molecule has 1 aliphatic carbocycles. The van der Waals surface area contributed by atoms with Gasteiger partial charge in [-0.2, -0.15) is 0 Å². The van der Waals surface area contributed by atoms with Gasteiger partial charge in [-0.15, -0.1) is 0 Å². The van der Waals surface area contributed by atoms with Gasteiger partial charge in [0.15, 0.2) is 5.37 Å². The maximum Gasteiger partial charge on any atom is 0.250 e. The zero-order valence-corrected chi connectivity index (χ0v) is 22.1. The Bertz CT molecular complexity index is 975. The second-order valence-electron chi connectivity index (χ2n) is 10.2. The number of hydrogen-bond acceptors (Lipinski definition) is 4. The molecule has 33 heavy (non-hydrogen) atoms. The van der Waals surface area contributed by atoms with E-state index in [9.17, 15) is 13.2 Å². The summed E-state index contributed by atoms with van der Waals surface area (Å²) in [6.07, 6.45) is 9.14. The van der Waals surface area contributed by atoms with Crippen LogP contribution in [0.2, 0.25) is 0 Å². The van der Waals surface area contributed by atoms with Crippen molar-refractivity contribution >= 4 is 15.7 Å². The van der Waals surface area contributed by atoms with Gasteiger partial charge in [-0.25, -0.2) is 8.42 Å². The molecule has 0 bridgehead atoms. The van der Waals surface area contributed by atoms with Crippen LogP contribution in [0.3, 0.4) is 0 Å². The van der Waals surface area contributed by atoms with Crippen LogP contribution in [-0.4, -0.2) is 26.2 Å². The standard InChI is InChI=1S/C27H42N2O3S/c1-17(2)22-15-23(18(3)4)25(24(16-22)19(5)6)33(31,32)27(26(28)30)29-14-13-20(7)21-11-9-8-10-12-21/h8-9,12,15-20,27,29H,10-11,13-14H2,1-7H3,(H2,28,30). The highest BCUT2D eigenvalue weighted by Crippen LogP contribution is 2.36. The SMILES string of the molecule is CC(CCNC(C(N)=O)S(=O)(=O)c1c(C(C)C)cc(C(C)C)cc1C(C)C)C1=CCC=CC1. The number of primary amides is 1. The molecule has 6 heteroatoms. The maximum atomic E-state index is 13.9. The normalized spacial score (nSPS) is 16.4. The zero-order valence-electron chi connectivity index (χ0n) is 21.3. The largest absolute Gasteiger partial charge is 0.367 e. The molecule has 0 aromatic heterocycles. The van der Waals surface area contributed by atoms with Crippen molar-refractivity contribution in [2.75, 3.05) is 6.54 Å². The van der Waals surface area contributed by atoms with Gasteiger partial charge in [0.25, 0.3) is 5.91 Å². The number of amides is 1. The molecule has 1 aliphatic rings. The fraction of sp³-hybridized carbons (Fsp3) is 0.593. The van der Waals surface area contributed by atoms with Crippen molar-refractivity contribution in [1.29, 1.82) is 0 Å². The van der Waals surface area contributed by atoms with E-state index >= 15 is 0 Å². The Hall–Kier alpha value is -1.92. The van der Waals surface area contributed by atoms with E-state index < -0.39 is 21.1 Å². The van der Waals surface area contributed by atoms with E-state index in [4.69, 9.17) is 5.73 Å². The van der Waals surface area contributed by atoms with Crippen LogP contribution >= 0.6 is 0 Å². The molecule has 0 fully saturated rings. The van der Waals surface area contributed by atoms with Crippen LogP contribution < -0.4 is 11.1 Å². The molecule has 2 atom stereocenters. The number of hydrogen-bond donors (Lipinski definition) is 2. The van der Waals surface area contributed by atoms with E-state index in [0.717, 1.165) is 36.0 Å². The molecule has 0 radical (unpaired) electrons. The first-order valence-corrected chi connectivity index (χ1v) is 13.7. The summed E-state index contributed by atoms with van der Waals surface area (Å²) in [5.41, 5.74) is 9.62. The molecular weight excluding hydrogens is 432 g/mol. The van der Waals surface area contributed by atoms with Crippen LogP contribution in [0.5, 0.6) is 0 Å². The van der Waals surface area contributed by atoms with Gasteiger partial charge in [-0.1, -0.05) is 84.4 Å². The van der Waals surface area contributed by atoms with Gasteiger partial charge in [0.1, 0.15) is 0 Å². The third-order valence-corrected chi connectivity index (χ3v) is 8.57. The number of allylic oxidation sites excluding steroid dienone is 4. The van der Waals surface area contributed by atoms with Gasteiger partial charge in [-0.05, 0) is 66.2 Å². The summed E-state index contributed by atoms with van der Waals surface area (Å²) in [5.74, 6) is -0.301. The van der Waals surface area contributed by atoms with Gasteiger partial charge in [0.05, 0.1) is 4.90 Å². The molecule has 1 amide bonds. The van der Waals surface area contributed by atoms with E-state index in [2.05, 4.69) is 44.3 Å². The fourth-order valence-corrected chi connectivity index (χ4v) is 6.46. The highest BCUT2D eigenvalue weighted by atomic mass is 32.2. The lowest BCUT2D eigenvalue weighted by Crippen LogP contribution is -2.48. The predicted octanol–water partition coefficient (Wildman–Crippen LogP) is 5.53. The van der Waals surface area contributed by atoms with E-state index in [-0.39, 0.29) is 22.6 Å². The monoisotopic (exact) mass is 474 g/mol. The minimum atomic E-state index is -4.03. The third kappa shape index (κ3) is 6.57. The van der Waals surface area contributed by atoms with Crippen molar-refractivity contribution in [2.24, 2.45) is 11.7 Å². The summed E-state index contributed by atoms with van der Waals surface area (Å²) >= 11 is 0. The number of nitrogens with two attached hydrogens (primary N) is 1. The van der Waals surface area contributed by atoms with Crippen molar-refractivity contribution in [3.8, 4) is 0 Å². The molecule has 0 heterocycles. The second kappa shape index (κ2) is 11.5. The van der Waals surface area contributed by atoms with Crippen LogP contribution in [0.1, 0.15) is 102 Å². The number of rotatable bonds is 11. The van der Waals surface area contributed by atoms with E-state index in [1.165, 1.54) is 5.57 Å². The number of benzene rings is 1. The Morgan fingerprint density at radius 2 is 1.55 bits per heavy atom. The molecule has 2 unspecified atom stereocenters. The fourth-order valence-electron chi connectivity index (χ4n) is 4.34. The van der Waals surface area contributed by atoms with Crippen LogP contribution in [0.25, 0.3) is 0 Å². The Morgan fingerprint density at radius 1 is 0.970 bits per heavy atom. The molecular formula is C27H42N2O3S. The Kier molecular flexibility index (Phi) is 9.50. The highest BCUT2D eigenvalue weighted by molar-refractivity contribution is 7.92. The van der Waals surface area contributed by atoms with Crippen molar-refractivity contribution in [3.63, 3.8) is 0 Å². The minimum Gasteiger partial charge on any atom is -0.367 e. The van der Waals surface area contributed by atoms with Crippen molar-refractivity contribution < 1.29 is 13.2 Å². The molecule has 1 aromatic rings. The van der Waals surface area contributed by atoms with E-state index in [1.807, 2.05) is 39.8 Å². The average molecular weight is 475 g/mol. The smallest absolute Gasteiger partial charge is 0.250 e. The summed E-state index contributed by atoms with van der Waals surface area (Å²) in [7, 11) is -4.03. The number of nitrogens with one attached hydrogen (secondary N) is 1. The van der Waals surface area contributed by atoms with Crippen molar-refractivity contribution in [2.45, 2.75) is 95.8 Å². The van der Waals surface area contributed by atoms with Gasteiger partial charge in [0, 0.05) is 0 Å². The molecule has 0 aliphatic heterocycles. The summed E-state index contributed by atoms with van der Waals surface area (Å²) in [6.45, 7) is 14.7. The molecule has 2 rings (SSSR count). The first-order valence-electron chi connectivity index (χ1n) is 12.2. The highest BCUT2D eigenvalue weighted by Gasteiger charge is 2.37. The molecule has 0 saturated carbocycles. The number of sulfone groups is 1. The molecule has 1 aromatic carbocycles. The average Bonchev–Trinajstić information content (AvgIpc) is 2.75. The lowest BCUT2D eigenvalue weighted by atomic mass is 9.89. The number of carbonyl (C=O) groups excluding carboxylic acids is 1. The van der Waals surface area contributed by atoms with Crippen LogP contribution in [-0.2, 0) is 14.6 Å². The third-order valence-electron chi connectivity index (χ3n) is 6.51. The van der Waals surface area contributed by atoms with Crippen LogP contribution in [0.4, 0.5) is 0 Å². The van der Waals surface area contributed by atoms with E-state index in [1.54, 1.807) is 0 Å². The topological polar surface area (TPSA) is 89.3 Å². The lowest BCUT2D eigenvalue weighted by molar-refractivity contribution is -0.118. The summed E-state index contributed by atoms with van der Waals surface area (Å²) in [5, 5.41) is 1.54. The molecule has 5 nitrogen and oxygen atoms in total. The van der Waals surface area contributed by atoms with Gasteiger partial charge in [-0.3, -0.25) is 10.1 Å². The maximum absolute atomic E-state index is 13.9. The Labute approximate surface area is 200 Å². The van der Waals surface area contributed by atoms with Gasteiger partial charge < -0.3 is 5.73 Å². The first-order chi connectivity index (χ1) is 15.4. The predicted molar refractivity (Wildman–Crippen MR) is 137 cm³/mol. The van der Waals surface area contributed by atoms with Crippen LogP contribution in [0, 0.1) is 5.92 Å². The van der Waals surface area contributed by atoms with Gasteiger partial charge in [0.2, 0.25) is 9.84 Å². The summed E-state index contributed by atoms with van der Waals surface area (Å²) < 4.78 is 27.8. The van der Waals surface area contributed by atoms with Crippen LogP contribution in [0.15, 0.2) is 40.8 Å².